The number of hydrogen-bond donors (Lipinski definition) is 1. The zero-order valence-corrected chi connectivity index (χ0v) is 6.83. The lowest BCUT2D eigenvalue weighted by Crippen LogP contribution is -2.36. The quantitative estimate of drug-likeness (QED) is 0.653. The first-order valence-electron chi connectivity index (χ1n) is 4.67. The van der Waals surface area contributed by atoms with Crippen molar-refractivity contribution < 1.29 is 9.84 Å². The van der Waals surface area contributed by atoms with E-state index in [1.807, 2.05) is 0 Å². The van der Waals surface area contributed by atoms with Crippen molar-refractivity contribution in [3.63, 3.8) is 0 Å². The first kappa shape index (κ1) is 7.56. The second kappa shape index (κ2) is 3.11. The second-order valence-electron chi connectivity index (χ2n) is 3.73. The fourth-order valence-electron chi connectivity index (χ4n) is 1.96. The third-order valence-corrected chi connectivity index (χ3v) is 2.98. The summed E-state index contributed by atoms with van der Waals surface area (Å²) in [6, 6.07) is 0. The van der Waals surface area contributed by atoms with E-state index in [1.54, 1.807) is 0 Å². The van der Waals surface area contributed by atoms with Crippen LogP contribution < -0.4 is 0 Å². The minimum Gasteiger partial charge on any atom is -0.390 e. The van der Waals surface area contributed by atoms with Crippen molar-refractivity contribution in [2.45, 2.75) is 44.3 Å². The molecule has 0 aromatic heterocycles. The highest BCUT2D eigenvalue weighted by molar-refractivity contribution is 4.84. The van der Waals surface area contributed by atoms with E-state index < -0.39 is 0 Å². The molecule has 0 aromatic rings. The average Bonchev–Trinajstić information content (AvgIpc) is 2.32. The summed E-state index contributed by atoms with van der Waals surface area (Å²) in [5.74, 6) is 0.554. The Balaban J connectivity index is 1.82. The van der Waals surface area contributed by atoms with Crippen LogP contribution in [0.3, 0.4) is 0 Å². The zero-order chi connectivity index (χ0) is 7.68. The lowest BCUT2D eigenvalue weighted by atomic mass is 9.79. The molecule has 0 aromatic carbocycles. The number of aliphatic hydroxyl groups is 1. The minimum atomic E-state index is -0.161. The molecular formula is C9H16O2. The van der Waals surface area contributed by atoms with E-state index in [1.165, 1.54) is 19.3 Å². The molecule has 2 unspecified atom stereocenters. The van der Waals surface area contributed by atoms with Crippen molar-refractivity contribution >= 4 is 0 Å². The van der Waals surface area contributed by atoms with E-state index in [2.05, 4.69) is 0 Å². The monoisotopic (exact) mass is 156 g/mol. The van der Waals surface area contributed by atoms with E-state index in [-0.39, 0.29) is 12.2 Å². The van der Waals surface area contributed by atoms with Gasteiger partial charge in [0.2, 0.25) is 0 Å². The van der Waals surface area contributed by atoms with Crippen molar-refractivity contribution in [3.05, 3.63) is 0 Å². The smallest absolute Gasteiger partial charge is 0.0837 e. The molecule has 2 aliphatic rings. The molecule has 0 radical (unpaired) electrons. The molecule has 1 heterocycles. The molecule has 2 nitrogen and oxygen atoms in total. The zero-order valence-electron chi connectivity index (χ0n) is 6.83. The Kier molecular flexibility index (Phi) is 2.14. The van der Waals surface area contributed by atoms with Crippen LogP contribution in [0, 0.1) is 5.92 Å². The molecular weight excluding hydrogens is 140 g/mol. The van der Waals surface area contributed by atoms with Gasteiger partial charge in [-0.15, -0.1) is 0 Å². The largest absolute Gasteiger partial charge is 0.390 e. The van der Waals surface area contributed by atoms with Gasteiger partial charge < -0.3 is 9.84 Å². The van der Waals surface area contributed by atoms with Gasteiger partial charge in [-0.3, -0.25) is 0 Å². The topological polar surface area (TPSA) is 29.5 Å². The van der Waals surface area contributed by atoms with Gasteiger partial charge in [0.15, 0.2) is 0 Å². The van der Waals surface area contributed by atoms with Gasteiger partial charge in [-0.25, -0.2) is 0 Å². The van der Waals surface area contributed by atoms with Gasteiger partial charge >= 0.3 is 0 Å². The van der Waals surface area contributed by atoms with Crippen LogP contribution in [-0.4, -0.2) is 23.9 Å². The normalized spacial score (nSPS) is 35.2. The third kappa shape index (κ3) is 1.42. The molecule has 1 saturated carbocycles. The molecule has 64 valence electrons. The van der Waals surface area contributed by atoms with E-state index in [4.69, 9.17) is 4.74 Å². The van der Waals surface area contributed by atoms with Gasteiger partial charge in [0.1, 0.15) is 0 Å². The van der Waals surface area contributed by atoms with Crippen molar-refractivity contribution in [1.82, 2.24) is 0 Å². The number of rotatable bonds is 2. The second-order valence-corrected chi connectivity index (χ2v) is 3.73. The summed E-state index contributed by atoms with van der Waals surface area (Å²) >= 11 is 0. The van der Waals surface area contributed by atoms with Crippen LogP contribution in [0.2, 0.25) is 0 Å². The van der Waals surface area contributed by atoms with Gasteiger partial charge in [-0.2, -0.15) is 0 Å². The lowest BCUT2D eigenvalue weighted by molar-refractivity contribution is -0.0509. The summed E-state index contributed by atoms with van der Waals surface area (Å²) < 4.78 is 5.42. The maximum absolute atomic E-state index is 9.74. The molecule has 2 rings (SSSR count). The summed E-state index contributed by atoms with van der Waals surface area (Å²) in [5, 5.41) is 9.74. The van der Waals surface area contributed by atoms with E-state index in [0.29, 0.717) is 5.92 Å². The fraction of sp³-hybridized carbons (Fsp3) is 1.00. The molecule has 2 atom stereocenters. The van der Waals surface area contributed by atoms with Crippen LogP contribution in [-0.2, 0) is 4.74 Å². The van der Waals surface area contributed by atoms with E-state index >= 15 is 0 Å². The highest BCUT2D eigenvalue weighted by Gasteiger charge is 2.33. The van der Waals surface area contributed by atoms with Gasteiger partial charge in [-0.05, 0) is 31.6 Å². The molecule has 1 aliphatic heterocycles. The van der Waals surface area contributed by atoms with E-state index in [9.17, 15) is 5.11 Å². The number of ether oxygens (including phenoxy) is 1. The van der Waals surface area contributed by atoms with Crippen LogP contribution in [0.1, 0.15) is 32.1 Å². The Morgan fingerprint density at radius 2 is 2.00 bits per heavy atom. The number of aliphatic hydroxyl groups excluding tert-OH is 1. The van der Waals surface area contributed by atoms with Crippen molar-refractivity contribution in [1.29, 1.82) is 0 Å². The maximum Gasteiger partial charge on any atom is 0.0837 e. The SMILES string of the molecule is OC(C1CCC1)C1CCCO1. The Hall–Kier alpha value is -0.0800. The molecule has 0 spiro atoms. The number of hydrogen-bond acceptors (Lipinski definition) is 2. The van der Waals surface area contributed by atoms with Gasteiger partial charge in [0, 0.05) is 6.61 Å². The molecule has 2 heteroatoms. The predicted octanol–water partition coefficient (Wildman–Crippen LogP) is 1.33. The summed E-state index contributed by atoms with van der Waals surface area (Å²) in [6.45, 7) is 0.856. The predicted molar refractivity (Wildman–Crippen MR) is 42.3 cm³/mol. The Morgan fingerprint density at radius 1 is 1.18 bits per heavy atom. The molecule has 1 N–H and O–H groups in total. The molecule has 2 fully saturated rings. The average molecular weight is 156 g/mol. The minimum absolute atomic E-state index is 0.161. The van der Waals surface area contributed by atoms with Crippen LogP contribution in [0.5, 0.6) is 0 Å². The van der Waals surface area contributed by atoms with Crippen molar-refractivity contribution in [3.8, 4) is 0 Å². The maximum atomic E-state index is 9.74. The molecule has 1 saturated heterocycles. The Bertz CT molecular complexity index is 126. The first-order valence-corrected chi connectivity index (χ1v) is 4.67. The first-order chi connectivity index (χ1) is 5.38. The van der Waals surface area contributed by atoms with E-state index in [0.717, 1.165) is 19.4 Å². The summed E-state index contributed by atoms with van der Waals surface area (Å²) in [7, 11) is 0. The molecule has 0 bridgehead atoms. The Morgan fingerprint density at radius 3 is 2.45 bits per heavy atom. The van der Waals surface area contributed by atoms with Gasteiger partial charge in [0.05, 0.1) is 12.2 Å². The van der Waals surface area contributed by atoms with Crippen LogP contribution in [0.15, 0.2) is 0 Å². The summed E-state index contributed by atoms with van der Waals surface area (Å²) in [6.07, 6.45) is 5.93. The van der Waals surface area contributed by atoms with Gasteiger partial charge in [0.25, 0.3) is 0 Å². The highest BCUT2D eigenvalue weighted by atomic mass is 16.5. The van der Waals surface area contributed by atoms with Crippen molar-refractivity contribution in [2.24, 2.45) is 5.92 Å². The summed E-state index contributed by atoms with van der Waals surface area (Å²) in [4.78, 5) is 0. The third-order valence-electron chi connectivity index (χ3n) is 2.98. The van der Waals surface area contributed by atoms with Crippen LogP contribution in [0.25, 0.3) is 0 Å². The summed E-state index contributed by atoms with van der Waals surface area (Å²) in [5.41, 5.74) is 0. The Labute approximate surface area is 67.6 Å². The fourth-order valence-corrected chi connectivity index (χ4v) is 1.96. The molecule has 11 heavy (non-hydrogen) atoms. The standard InChI is InChI=1S/C9H16O2/c10-9(7-3-1-4-7)8-5-2-6-11-8/h7-10H,1-6H2. The van der Waals surface area contributed by atoms with Gasteiger partial charge in [-0.1, -0.05) is 6.42 Å². The molecule has 1 aliphatic carbocycles. The van der Waals surface area contributed by atoms with Crippen LogP contribution >= 0.6 is 0 Å². The van der Waals surface area contributed by atoms with Crippen molar-refractivity contribution in [2.75, 3.05) is 6.61 Å². The molecule has 0 amide bonds. The van der Waals surface area contributed by atoms with Crippen LogP contribution in [0.4, 0.5) is 0 Å². The lowest BCUT2D eigenvalue weighted by Gasteiger charge is -2.33. The highest BCUT2D eigenvalue weighted by Crippen LogP contribution is 2.33.